The number of rotatable bonds is 5. The largest absolute Gasteiger partial charge is 0.352 e. The van der Waals surface area contributed by atoms with E-state index in [1.807, 2.05) is 30.5 Å². The molecule has 2 aromatic rings. The Kier molecular flexibility index (Phi) is 5.16. The van der Waals surface area contributed by atoms with Crippen LogP contribution in [0.5, 0.6) is 0 Å². The van der Waals surface area contributed by atoms with Crippen molar-refractivity contribution in [3.8, 4) is 0 Å². The van der Waals surface area contributed by atoms with Gasteiger partial charge in [-0.2, -0.15) is 0 Å². The lowest BCUT2D eigenvalue weighted by Crippen LogP contribution is -2.35. The second-order valence-electron chi connectivity index (χ2n) is 5.77. The van der Waals surface area contributed by atoms with E-state index in [2.05, 4.69) is 40.3 Å². The summed E-state index contributed by atoms with van der Waals surface area (Å²) in [6.45, 7) is 1.80. The maximum atomic E-state index is 6.17. The fourth-order valence-electron chi connectivity index (χ4n) is 2.75. The Bertz CT molecular complexity index is 674. The van der Waals surface area contributed by atoms with Crippen LogP contribution in [0.15, 0.2) is 36.5 Å². The van der Waals surface area contributed by atoms with E-state index >= 15 is 0 Å². The van der Waals surface area contributed by atoms with Crippen LogP contribution in [0, 0.1) is 0 Å². The Hall–Kier alpha value is -1.21. The maximum absolute atomic E-state index is 6.17. The summed E-state index contributed by atoms with van der Waals surface area (Å²) in [7, 11) is 4.14. The summed E-state index contributed by atoms with van der Waals surface area (Å²) in [4.78, 5) is 10.1. The van der Waals surface area contributed by atoms with Gasteiger partial charge in [0.1, 0.15) is 0 Å². The van der Waals surface area contributed by atoms with E-state index in [0.29, 0.717) is 0 Å². The lowest BCUT2D eigenvalue weighted by atomic mass is 10.0. The molecule has 1 N–H and O–H groups in total. The van der Waals surface area contributed by atoms with Gasteiger partial charge in [-0.15, -0.1) is 11.3 Å². The number of nitrogens with one attached hydrogen (secondary N) is 1. The number of thiocarbonyl (C=S) groups is 1. The van der Waals surface area contributed by atoms with Gasteiger partial charge in [0.05, 0.1) is 22.1 Å². The van der Waals surface area contributed by atoms with Gasteiger partial charge in [-0.25, -0.2) is 0 Å². The van der Waals surface area contributed by atoms with Crippen LogP contribution in [0.3, 0.4) is 0 Å². The van der Waals surface area contributed by atoms with E-state index in [9.17, 15) is 0 Å². The Balaban J connectivity index is 1.94. The predicted octanol–water partition coefficient (Wildman–Crippen LogP) is 3.33. The predicted molar refractivity (Wildman–Crippen MR) is 100 cm³/mol. The second-order valence-corrected chi connectivity index (χ2v) is 7.90. The molecule has 3 rings (SSSR count). The van der Waals surface area contributed by atoms with Gasteiger partial charge in [0.15, 0.2) is 5.11 Å². The quantitative estimate of drug-likeness (QED) is 0.820. The highest BCUT2D eigenvalue weighted by Gasteiger charge is 2.40. The molecule has 1 fully saturated rings. The van der Waals surface area contributed by atoms with Crippen molar-refractivity contribution < 1.29 is 0 Å². The van der Waals surface area contributed by atoms with Crippen LogP contribution >= 0.6 is 35.2 Å². The lowest BCUT2D eigenvalue weighted by Gasteiger charge is -2.27. The molecule has 0 aliphatic carbocycles. The summed E-state index contributed by atoms with van der Waals surface area (Å²) in [6.07, 6.45) is 1.82. The highest BCUT2D eigenvalue weighted by atomic mass is 35.5. The van der Waals surface area contributed by atoms with Crippen molar-refractivity contribution in [3.63, 3.8) is 0 Å². The van der Waals surface area contributed by atoms with Gasteiger partial charge in [-0.3, -0.25) is 4.98 Å². The van der Waals surface area contributed by atoms with Crippen LogP contribution in [-0.4, -0.2) is 47.1 Å². The molecule has 0 amide bonds. The molecule has 7 heteroatoms. The average Bonchev–Trinajstić information content (AvgIpc) is 3.09. The molecule has 23 heavy (non-hydrogen) atoms. The standard InChI is InChI=1S/C16H19ClN4S2/c1-20(2)9-10-21-15(12-6-7-13(17)23-12)14(19-16(21)22)11-5-3-4-8-18-11/h3-8,14-15H,9-10H2,1-2H3,(H,19,22)/t14-,15+/m1/s1. The van der Waals surface area contributed by atoms with Crippen molar-refractivity contribution >= 4 is 40.3 Å². The Morgan fingerprint density at radius 1 is 1.35 bits per heavy atom. The molecule has 0 radical (unpaired) electrons. The highest BCUT2D eigenvalue weighted by molar-refractivity contribution is 7.80. The summed E-state index contributed by atoms with van der Waals surface area (Å²) < 4.78 is 0.796. The third kappa shape index (κ3) is 3.66. The first kappa shape index (κ1) is 16.6. The van der Waals surface area contributed by atoms with Gasteiger partial charge >= 0.3 is 0 Å². The first-order valence-corrected chi connectivity index (χ1v) is 9.04. The lowest BCUT2D eigenvalue weighted by molar-refractivity contribution is 0.280. The number of pyridine rings is 1. The summed E-state index contributed by atoms with van der Waals surface area (Å²) in [5.41, 5.74) is 0.997. The second kappa shape index (κ2) is 7.13. The third-order valence-corrected chi connectivity index (χ3v) is 5.53. The Labute approximate surface area is 151 Å². The topological polar surface area (TPSA) is 31.4 Å². The smallest absolute Gasteiger partial charge is 0.170 e. The summed E-state index contributed by atoms with van der Waals surface area (Å²) in [5, 5.41) is 4.22. The van der Waals surface area contributed by atoms with Crippen LogP contribution in [0.4, 0.5) is 0 Å². The average molecular weight is 367 g/mol. The SMILES string of the molecule is CN(C)CCN1C(=S)N[C@H](c2ccccn2)[C@@H]1c1ccc(Cl)s1. The maximum Gasteiger partial charge on any atom is 0.170 e. The normalized spacial score (nSPS) is 21.0. The van der Waals surface area contributed by atoms with Crippen molar-refractivity contribution in [2.45, 2.75) is 12.1 Å². The molecule has 0 aromatic carbocycles. The molecule has 1 saturated heterocycles. The molecule has 1 aliphatic heterocycles. The molecular formula is C16H19ClN4S2. The highest BCUT2D eigenvalue weighted by Crippen LogP contribution is 2.41. The molecule has 0 bridgehead atoms. The van der Waals surface area contributed by atoms with Crippen molar-refractivity contribution in [2.75, 3.05) is 27.2 Å². The van der Waals surface area contributed by atoms with Gasteiger partial charge in [0.2, 0.25) is 0 Å². The van der Waals surface area contributed by atoms with Gasteiger partial charge < -0.3 is 15.1 Å². The minimum atomic E-state index is 0.0422. The molecule has 0 spiro atoms. The zero-order chi connectivity index (χ0) is 16.4. The molecule has 1 aliphatic rings. The first-order valence-electron chi connectivity index (χ1n) is 7.44. The number of aromatic nitrogens is 1. The van der Waals surface area contributed by atoms with Crippen LogP contribution in [-0.2, 0) is 0 Å². The van der Waals surface area contributed by atoms with E-state index in [0.717, 1.165) is 28.2 Å². The van der Waals surface area contributed by atoms with E-state index < -0.39 is 0 Å². The van der Waals surface area contributed by atoms with Crippen LogP contribution in [0.25, 0.3) is 0 Å². The Morgan fingerprint density at radius 2 is 2.17 bits per heavy atom. The van der Waals surface area contributed by atoms with Gasteiger partial charge in [0.25, 0.3) is 0 Å². The number of hydrogen-bond acceptors (Lipinski definition) is 4. The van der Waals surface area contributed by atoms with Gasteiger partial charge in [0, 0.05) is 24.2 Å². The minimum Gasteiger partial charge on any atom is -0.352 e. The molecule has 2 aromatic heterocycles. The molecular weight excluding hydrogens is 348 g/mol. The first-order chi connectivity index (χ1) is 11.1. The van der Waals surface area contributed by atoms with E-state index in [1.165, 1.54) is 4.88 Å². The van der Waals surface area contributed by atoms with E-state index in [1.54, 1.807) is 11.3 Å². The van der Waals surface area contributed by atoms with E-state index in [4.69, 9.17) is 23.8 Å². The minimum absolute atomic E-state index is 0.0422. The molecule has 2 atom stereocenters. The van der Waals surface area contributed by atoms with E-state index in [-0.39, 0.29) is 12.1 Å². The van der Waals surface area contributed by atoms with Crippen LogP contribution in [0.1, 0.15) is 22.7 Å². The number of halogens is 1. The zero-order valence-electron chi connectivity index (χ0n) is 13.1. The molecule has 4 nitrogen and oxygen atoms in total. The Morgan fingerprint density at radius 3 is 2.78 bits per heavy atom. The fraction of sp³-hybridized carbons (Fsp3) is 0.375. The molecule has 0 unspecified atom stereocenters. The van der Waals surface area contributed by atoms with Crippen molar-refractivity contribution in [2.24, 2.45) is 0 Å². The van der Waals surface area contributed by atoms with Crippen molar-refractivity contribution in [1.82, 2.24) is 20.1 Å². The van der Waals surface area contributed by atoms with Crippen LogP contribution in [0.2, 0.25) is 4.34 Å². The summed E-state index contributed by atoms with van der Waals surface area (Å²) in [5.74, 6) is 0. The number of likely N-dealkylation sites (N-methyl/N-ethyl adjacent to an activating group) is 1. The number of nitrogens with zero attached hydrogens (tertiary/aromatic N) is 3. The van der Waals surface area contributed by atoms with Crippen molar-refractivity contribution in [1.29, 1.82) is 0 Å². The molecule has 122 valence electrons. The van der Waals surface area contributed by atoms with Gasteiger partial charge in [-0.05, 0) is 50.6 Å². The summed E-state index contributed by atoms with van der Waals surface area (Å²) >= 11 is 13.4. The van der Waals surface area contributed by atoms with Gasteiger partial charge in [-0.1, -0.05) is 17.7 Å². The monoisotopic (exact) mass is 366 g/mol. The number of hydrogen-bond donors (Lipinski definition) is 1. The zero-order valence-corrected chi connectivity index (χ0v) is 15.5. The van der Waals surface area contributed by atoms with Crippen molar-refractivity contribution in [3.05, 3.63) is 51.4 Å². The fourth-order valence-corrected chi connectivity index (χ4v) is 4.29. The molecule has 3 heterocycles. The van der Waals surface area contributed by atoms with Crippen LogP contribution < -0.4 is 5.32 Å². The molecule has 0 saturated carbocycles. The summed E-state index contributed by atoms with van der Waals surface area (Å²) in [6, 6.07) is 10.2. The third-order valence-electron chi connectivity index (χ3n) is 3.87. The number of thiophene rings is 1.